The minimum absolute atomic E-state index is 0.149. The van der Waals surface area contributed by atoms with E-state index in [1.165, 1.54) is 6.42 Å². The van der Waals surface area contributed by atoms with Gasteiger partial charge in [-0.3, -0.25) is 9.59 Å². The van der Waals surface area contributed by atoms with Crippen molar-refractivity contribution in [2.45, 2.75) is 71.3 Å². The lowest BCUT2D eigenvalue weighted by Gasteiger charge is -2.28. The fourth-order valence-electron chi connectivity index (χ4n) is 3.98. The molecule has 1 amide bonds. The summed E-state index contributed by atoms with van der Waals surface area (Å²) < 4.78 is 5.27. The standard InChI is InChI=1S/C17H29NO3/c1-3-5-8-11-21-16(19)12-18-15(4-2)13-9-6-7-10-14(13)17(18)20/h13-15H,3-12H2,1-2H3/t13-,14-,15-/m1/s1. The molecule has 1 aliphatic heterocycles. The third-order valence-electron chi connectivity index (χ3n) is 5.04. The third kappa shape index (κ3) is 3.78. The van der Waals surface area contributed by atoms with E-state index in [-0.39, 0.29) is 30.4 Å². The van der Waals surface area contributed by atoms with Gasteiger partial charge in [0, 0.05) is 12.0 Å². The van der Waals surface area contributed by atoms with Crippen LogP contribution >= 0.6 is 0 Å². The van der Waals surface area contributed by atoms with Crippen LogP contribution < -0.4 is 0 Å². The largest absolute Gasteiger partial charge is 0.464 e. The van der Waals surface area contributed by atoms with Gasteiger partial charge in [-0.25, -0.2) is 0 Å². The number of amides is 1. The monoisotopic (exact) mass is 295 g/mol. The number of likely N-dealkylation sites (tertiary alicyclic amines) is 1. The Morgan fingerprint density at radius 3 is 2.71 bits per heavy atom. The van der Waals surface area contributed by atoms with Crippen molar-refractivity contribution in [1.82, 2.24) is 4.90 Å². The van der Waals surface area contributed by atoms with Crippen LogP contribution in [0.4, 0.5) is 0 Å². The summed E-state index contributed by atoms with van der Waals surface area (Å²) in [6, 6.07) is 0.242. The summed E-state index contributed by atoms with van der Waals surface area (Å²) in [5.74, 6) is 0.578. The molecule has 3 atom stereocenters. The zero-order chi connectivity index (χ0) is 15.2. The van der Waals surface area contributed by atoms with Gasteiger partial charge in [0.1, 0.15) is 6.54 Å². The lowest BCUT2D eigenvalue weighted by atomic mass is 9.78. The molecule has 4 heteroatoms. The van der Waals surface area contributed by atoms with Crippen molar-refractivity contribution in [2.75, 3.05) is 13.2 Å². The highest BCUT2D eigenvalue weighted by atomic mass is 16.5. The van der Waals surface area contributed by atoms with Crippen LogP contribution in [0.2, 0.25) is 0 Å². The van der Waals surface area contributed by atoms with Crippen molar-refractivity contribution in [2.24, 2.45) is 11.8 Å². The number of carbonyl (C=O) groups is 2. The topological polar surface area (TPSA) is 46.6 Å². The summed E-state index contributed by atoms with van der Waals surface area (Å²) >= 11 is 0. The molecule has 0 aromatic carbocycles. The first-order chi connectivity index (χ1) is 10.2. The van der Waals surface area contributed by atoms with Gasteiger partial charge in [-0.05, 0) is 31.6 Å². The lowest BCUT2D eigenvalue weighted by molar-refractivity contribution is -0.149. The van der Waals surface area contributed by atoms with E-state index in [0.29, 0.717) is 12.5 Å². The van der Waals surface area contributed by atoms with Crippen molar-refractivity contribution < 1.29 is 14.3 Å². The molecule has 0 bridgehead atoms. The number of hydrogen-bond donors (Lipinski definition) is 0. The Balaban J connectivity index is 1.88. The van der Waals surface area contributed by atoms with E-state index >= 15 is 0 Å². The van der Waals surface area contributed by atoms with Crippen LogP contribution in [-0.2, 0) is 14.3 Å². The van der Waals surface area contributed by atoms with E-state index in [9.17, 15) is 9.59 Å². The number of fused-ring (bicyclic) bond motifs is 1. The molecule has 4 nitrogen and oxygen atoms in total. The fraction of sp³-hybridized carbons (Fsp3) is 0.882. The molecule has 120 valence electrons. The molecule has 1 heterocycles. The Kier molecular flexibility index (Phi) is 6.07. The Labute approximate surface area is 128 Å². The van der Waals surface area contributed by atoms with Gasteiger partial charge in [0.15, 0.2) is 0 Å². The van der Waals surface area contributed by atoms with Crippen LogP contribution in [0, 0.1) is 11.8 Å². The summed E-state index contributed by atoms with van der Waals surface area (Å²) in [7, 11) is 0. The average molecular weight is 295 g/mol. The summed E-state index contributed by atoms with van der Waals surface area (Å²) in [5.41, 5.74) is 0. The lowest BCUT2D eigenvalue weighted by Crippen LogP contribution is -2.39. The van der Waals surface area contributed by atoms with Crippen molar-refractivity contribution in [1.29, 1.82) is 0 Å². The van der Waals surface area contributed by atoms with Gasteiger partial charge in [0.2, 0.25) is 5.91 Å². The number of carbonyl (C=O) groups excluding carboxylic acids is 2. The van der Waals surface area contributed by atoms with Gasteiger partial charge >= 0.3 is 5.97 Å². The van der Waals surface area contributed by atoms with E-state index in [2.05, 4.69) is 13.8 Å². The van der Waals surface area contributed by atoms with E-state index in [4.69, 9.17) is 4.74 Å². The Morgan fingerprint density at radius 1 is 1.24 bits per heavy atom. The van der Waals surface area contributed by atoms with Gasteiger partial charge in [-0.2, -0.15) is 0 Å². The second kappa shape index (κ2) is 7.81. The van der Waals surface area contributed by atoms with Gasteiger partial charge < -0.3 is 9.64 Å². The quantitative estimate of drug-likeness (QED) is 0.535. The van der Waals surface area contributed by atoms with E-state index in [1.807, 2.05) is 4.90 Å². The van der Waals surface area contributed by atoms with Crippen molar-refractivity contribution >= 4 is 11.9 Å². The molecular formula is C17H29NO3. The molecule has 0 aromatic heterocycles. The Bertz CT molecular complexity index is 369. The third-order valence-corrected chi connectivity index (χ3v) is 5.04. The predicted octanol–water partition coefficient (Wildman–Crippen LogP) is 3.15. The number of nitrogens with zero attached hydrogens (tertiary/aromatic N) is 1. The number of esters is 1. The Hall–Kier alpha value is -1.06. The number of ether oxygens (including phenoxy) is 1. The number of hydrogen-bond acceptors (Lipinski definition) is 3. The number of unbranched alkanes of at least 4 members (excludes halogenated alkanes) is 2. The average Bonchev–Trinajstić information content (AvgIpc) is 2.76. The highest BCUT2D eigenvalue weighted by Crippen LogP contribution is 2.42. The van der Waals surface area contributed by atoms with Crippen molar-refractivity contribution in [3.05, 3.63) is 0 Å². The molecule has 2 fully saturated rings. The SMILES string of the molecule is CCCCCOC(=O)CN1C(=O)[C@@H]2CCCC[C@H]2[C@H]1CC. The minimum Gasteiger partial charge on any atom is -0.464 e. The van der Waals surface area contributed by atoms with E-state index in [1.54, 1.807) is 0 Å². The van der Waals surface area contributed by atoms with E-state index in [0.717, 1.165) is 44.9 Å². The summed E-state index contributed by atoms with van der Waals surface area (Å²) in [6.45, 7) is 4.88. The predicted molar refractivity (Wildman–Crippen MR) is 81.7 cm³/mol. The zero-order valence-electron chi connectivity index (χ0n) is 13.5. The highest BCUT2D eigenvalue weighted by molar-refractivity contribution is 5.86. The minimum atomic E-state index is -0.239. The molecule has 1 saturated heterocycles. The molecule has 2 rings (SSSR count). The molecule has 0 aromatic rings. The molecule has 0 unspecified atom stereocenters. The second-order valence-electron chi connectivity index (χ2n) is 6.42. The maximum absolute atomic E-state index is 12.5. The maximum Gasteiger partial charge on any atom is 0.325 e. The molecule has 0 radical (unpaired) electrons. The number of rotatable bonds is 7. The van der Waals surface area contributed by atoms with Gasteiger partial charge in [-0.1, -0.05) is 39.5 Å². The van der Waals surface area contributed by atoms with Crippen LogP contribution in [0.1, 0.15) is 65.2 Å². The summed E-state index contributed by atoms with van der Waals surface area (Å²) in [5, 5.41) is 0. The van der Waals surface area contributed by atoms with Gasteiger partial charge in [-0.15, -0.1) is 0 Å². The first-order valence-corrected chi connectivity index (χ1v) is 8.65. The van der Waals surface area contributed by atoms with Crippen molar-refractivity contribution in [3.8, 4) is 0 Å². The highest BCUT2D eigenvalue weighted by Gasteiger charge is 2.48. The summed E-state index contributed by atoms with van der Waals surface area (Å²) in [4.78, 5) is 26.3. The fourth-order valence-corrected chi connectivity index (χ4v) is 3.98. The molecule has 1 aliphatic carbocycles. The zero-order valence-corrected chi connectivity index (χ0v) is 13.5. The van der Waals surface area contributed by atoms with Gasteiger partial charge in [0.05, 0.1) is 6.61 Å². The van der Waals surface area contributed by atoms with Gasteiger partial charge in [0.25, 0.3) is 0 Å². The van der Waals surface area contributed by atoms with Crippen LogP contribution in [0.3, 0.4) is 0 Å². The smallest absolute Gasteiger partial charge is 0.325 e. The van der Waals surface area contributed by atoms with Crippen LogP contribution in [0.25, 0.3) is 0 Å². The second-order valence-corrected chi connectivity index (χ2v) is 6.42. The normalized spacial score (nSPS) is 28.6. The Morgan fingerprint density at radius 2 is 2.00 bits per heavy atom. The molecule has 2 aliphatic rings. The summed E-state index contributed by atoms with van der Waals surface area (Å²) in [6.07, 6.45) is 8.56. The molecule has 0 spiro atoms. The van der Waals surface area contributed by atoms with Crippen LogP contribution in [0.5, 0.6) is 0 Å². The van der Waals surface area contributed by atoms with Crippen LogP contribution in [-0.4, -0.2) is 36.0 Å². The molecule has 21 heavy (non-hydrogen) atoms. The van der Waals surface area contributed by atoms with Crippen molar-refractivity contribution in [3.63, 3.8) is 0 Å². The van der Waals surface area contributed by atoms with Crippen LogP contribution in [0.15, 0.2) is 0 Å². The molecular weight excluding hydrogens is 266 g/mol. The van der Waals surface area contributed by atoms with E-state index < -0.39 is 0 Å². The first kappa shape index (κ1) is 16.3. The first-order valence-electron chi connectivity index (χ1n) is 8.65. The maximum atomic E-state index is 12.5. The molecule has 1 saturated carbocycles. The molecule has 0 N–H and O–H groups in total.